The maximum atomic E-state index is 11.7. The monoisotopic (exact) mass is 294 g/mol. The molecule has 8 heteroatoms. The minimum atomic E-state index is -1.16. The molecule has 0 fully saturated rings. The molecule has 0 bridgehead atoms. The molecule has 2 rings (SSSR count). The summed E-state index contributed by atoms with van der Waals surface area (Å²) >= 11 is 1.60. The van der Waals surface area contributed by atoms with Crippen LogP contribution in [0.3, 0.4) is 0 Å². The van der Waals surface area contributed by atoms with Gasteiger partial charge in [0, 0.05) is 4.88 Å². The minimum Gasteiger partial charge on any atom is -0.476 e. The largest absolute Gasteiger partial charge is 0.476 e. The van der Waals surface area contributed by atoms with Crippen molar-refractivity contribution in [2.45, 2.75) is 26.4 Å². The quantitative estimate of drug-likeness (QED) is 0.825. The lowest BCUT2D eigenvalue weighted by Crippen LogP contribution is -2.27. The average Bonchev–Trinajstić information content (AvgIpc) is 3.04. The highest BCUT2D eigenvalue weighted by atomic mass is 32.1. The maximum Gasteiger partial charge on any atom is 0.358 e. The molecule has 0 atom stereocenters. The van der Waals surface area contributed by atoms with E-state index in [0.29, 0.717) is 6.54 Å². The molecule has 2 N–H and O–H groups in total. The van der Waals surface area contributed by atoms with Gasteiger partial charge in [0.2, 0.25) is 5.91 Å². The molecule has 0 aliphatic rings. The van der Waals surface area contributed by atoms with Crippen LogP contribution < -0.4 is 5.32 Å². The van der Waals surface area contributed by atoms with Crippen LogP contribution in [0.2, 0.25) is 0 Å². The Morgan fingerprint density at radius 1 is 1.50 bits per heavy atom. The smallest absolute Gasteiger partial charge is 0.358 e. The summed E-state index contributed by atoms with van der Waals surface area (Å²) in [5, 5.41) is 20.5. The molecule has 0 aliphatic carbocycles. The Morgan fingerprint density at radius 3 is 2.95 bits per heavy atom. The first-order chi connectivity index (χ1) is 9.60. The predicted molar refractivity (Wildman–Crippen MR) is 72.5 cm³/mol. The van der Waals surface area contributed by atoms with Gasteiger partial charge in [-0.05, 0) is 23.4 Å². The van der Waals surface area contributed by atoms with E-state index < -0.39 is 5.97 Å². The Hall–Kier alpha value is -2.22. The SMILES string of the molecule is CCc1ccsc1CNC(=O)Cn1cc(C(=O)O)nn1. The van der Waals surface area contributed by atoms with Crippen LogP contribution in [0.4, 0.5) is 0 Å². The lowest BCUT2D eigenvalue weighted by molar-refractivity contribution is -0.122. The number of nitrogens with one attached hydrogen (secondary N) is 1. The topological polar surface area (TPSA) is 97.1 Å². The van der Waals surface area contributed by atoms with E-state index in [2.05, 4.69) is 22.6 Å². The van der Waals surface area contributed by atoms with Crippen LogP contribution in [0.15, 0.2) is 17.6 Å². The van der Waals surface area contributed by atoms with Gasteiger partial charge >= 0.3 is 5.97 Å². The van der Waals surface area contributed by atoms with Crippen molar-refractivity contribution in [3.8, 4) is 0 Å². The van der Waals surface area contributed by atoms with Crippen molar-refractivity contribution in [1.29, 1.82) is 0 Å². The van der Waals surface area contributed by atoms with E-state index in [0.717, 1.165) is 11.3 Å². The van der Waals surface area contributed by atoms with Crippen LogP contribution in [0.1, 0.15) is 27.9 Å². The Bertz CT molecular complexity index is 620. The highest BCUT2D eigenvalue weighted by molar-refractivity contribution is 7.10. The summed E-state index contributed by atoms with van der Waals surface area (Å²) in [6, 6.07) is 2.04. The van der Waals surface area contributed by atoms with Crippen molar-refractivity contribution in [3.63, 3.8) is 0 Å². The van der Waals surface area contributed by atoms with Gasteiger partial charge in [0.15, 0.2) is 5.69 Å². The first-order valence-corrected chi connectivity index (χ1v) is 6.93. The summed E-state index contributed by atoms with van der Waals surface area (Å²) in [4.78, 5) is 23.5. The number of carbonyl (C=O) groups is 2. The van der Waals surface area contributed by atoms with Crippen LogP contribution in [-0.4, -0.2) is 32.0 Å². The Kier molecular flexibility index (Phi) is 4.46. The zero-order valence-corrected chi connectivity index (χ0v) is 11.7. The Morgan fingerprint density at radius 2 is 2.30 bits per heavy atom. The Balaban J connectivity index is 1.87. The minimum absolute atomic E-state index is 0.0485. The fraction of sp³-hybridized carbons (Fsp3) is 0.333. The number of carboxylic acids is 1. The molecule has 0 aliphatic heterocycles. The van der Waals surface area contributed by atoms with E-state index in [1.807, 2.05) is 11.4 Å². The molecule has 0 spiro atoms. The lowest BCUT2D eigenvalue weighted by atomic mass is 10.2. The number of hydrogen-bond donors (Lipinski definition) is 2. The van der Waals surface area contributed by atoms with Crippen molar-refractivity contribution in [3.05, 3.63) is 33.8 Å². The van der Waals surface area contributed by atoms with Gasteiger partial charge in [0.25, 0.3) is 0 Å². The van der Waals surface area contributed by atoms with E-state index in [-0.39, 0.29) is 18.1 Å². The van der Waals surface area contributed by atoms with Crippen molar-refractivity contribution >= 4 is 23.2 Å². The third-order valence-electron chi connectivity index (χ3n) is 2.73. The number of amides is 1. The fourth-order valence-electron chi connectivity index (χ4n) is 1.69. The van der Waals surface area contributed by atoms with Gasteiger partial charge in [0.05, 0.1) is 12.7 Å². The molecule has 20 heavy (non-hydrogen) atoms. The van der Waals surface area contributed by atoms with E-state index >= 15 is 0 Å². The number of aromatic carboxylic acids is 1. The molecule has 0 aromatic carbocycles. The second kappa shape index (κ2) is 6.29. The summed E-state index contributed by atoms with van der Waals surface area (Å²) in [5.74, 6) is -1.40. The number of hydrogen-bond acceptors (Lipinski definition) is 5. The van der Waals surface area contributed by atoms with Crippen molar-refractivity contribution in [1.82, 2.24) is 20.3 Å². The van der Waals surface area contributed by atoms with E-state index in [9.17, 15) is 9.59 Å². The number of aryl methyl sites for hydroxylation is 1. The predicted octanol–water partition coefficient (Wildman–Crippen LogP) is 0.917. The zero-order chi connectivity index (χ0) is 14.5. The molecular weight excluding hydrogens is 280 g/mol. The second-order valence-electron chi connectivity index (χ2n) is 4.11. The van der Waals surface area contributed by atoms with Crippen LogP contribution in [0.25, 0.3) is 0 Å². The molecule has 7 nitrogen and oxygen atoms in total. The second-order valence-corrected chi connectivity index (χ2v) is 5.11. The van der Waals surface area contributed by atoms with Gasteiger partial charge < -0.3 is 10.4 Å². The normalized spacial score (nSPS) is 10.4. The average molecular weight is 294 g/mol. The van der Waals surface area contributed by atoms with Gasteiger partial charge in [-0.3, -0.25) is 4.79 Å². The zero-order valence-electron chi connectivity index (χ0n) is 10.9. The number of carboxylic acid groups (broad SMARTS) is 1. The first-order valence-electron chi connectivity index (χ1n) is 6.05. The summed E-state index contributed by atoms with van der Waals surface area (Å²) in [7, 11) is 0. The van der Waals surface area contributed by atoms with E-state index in [1.165, 1.54) is 16.4 Å². The standard InChI is InChI=1S/C12H14N4O3S/c1-2-8-3-4-20-10(8)5-13-11(17)7-16-6-9(12(18)19)14-15-16/h3-4,6H,2,5,7H2,1H3,(H,13,17)(H,18,19). The van der Waals surface area contributed by atoms with Gasteiger partial charge in [-0.15, -0.1) is 16.4 Å². The molecule has 1 amide bonds. The molecule has 2 aromatic heterocycles. The molecular formula is C12H14N4O3S. The number of aromatic nitrogens is 3. The molecule has 0 saturated carbocycles. The fourth-order valence-corrected chi connectivity index (χ4v) is 2.61. The molecule has 106 valence electrons. The number of rotatable bonds is 6. The summed E-state index contributed by atoms with van der Waals surface area (Å²) in [5.41, 5.74) is 1.05. The summed E-state index contributed by atoms with van der Waals surface area (Å²) in [6.07, 6.45) is 2.16. The van der Waals surface area contributed by atoms with Gasteiger partial charge in [-0.1, -0.05) is 12.1 Å². The van der Waals surface area contributed by atoms with Gasteiger partial charge in [-0.25, -0.2) is 9.48 Å². The third kappa shape index (κ3) is 3.41. The molecule has 2 aromatic rings. The van der Waals surface area contributed by atoms with Crippen molar-refractivity contribution < 1.29 is 14.7 Å². The maximum absolute atomic E-state index is 11.7. The third-order valence-corrected chi connectivity index (χ3v) is 3.69. The Labute approximate surface area is 119 Å². The molecule has 0 unspecified atom stereocenters. The van der Waals surface area contributed by atoms with Crippen LogP contribution in [0, 0.1) is 0 Å². The van der Waals surface area contributed by atoms with Crippen LogP contribution in [0.5, 0.6) is 0 Å². The molecule has 2 heterocycles. The number of thiophene rings is 1. The van der Waals surface area contributed by atoms with Crippen molar-refractivity contribution in [2.24, 2.45) is 0 Å². The van der Waals surface area contributed by atoms with E-state index in [1.54, 1.807) is 11.3 Å². The van der Waals surface area contributed by atoms with Crippen LogP contribution >= 0.6 is 11.3 Å². The molecule has 0 radical (unpaired) electrons. The first kappa shape index (κ1) is 14.2. The lowest BCUT2D eigenvalue weighted by Gasteiger charge is -2.05. The number of nitrogens with zero attached hydrogens (tertiary/aromatic N) is 3. The summed E-state index contributed by atoms with van der Waals surface area (Å²) in [6.45, 7) is 2.49. The number of carbonyl (C=O) groups excluding carboxylic acids is 1. The highest BCUT2D eigenvalue weighted by Crippen LogP contribution is 2.16. The highest BCUT2D eigenvalue weighted by Gasteiger charge is 2.11. The van der Waals surface area contributed by atoms with Crippen molar-refractivity contribution in [2.75, 3.05) is 0 Å². The molecule has 0 saturated heterocycles. The van der Waals surface area contributed by atoms with E-state index in [4.69, 9.17) is 5.11 Å². The van der Waals surface area contributed by atoms with Gasteiger partial charge in [0.1, 0.15) is 6.54 Å². The van der Waals surface area contributed by atoms with Gasteiger partial charge in [-0.2, -0.15) is 0 Å². The van der Waals surface area contributed by atoms with Crippen LogP contribution in [-0.2, 0) is 24.3 Å². The summed E-state index contributed by atoms with van der Waals surface area (Å²) < 4.78 is 1.20.